The first kappa shape index (κ1) is 26.8. The number of carbonyl (C=O) groups excluding carboxylic acids is 4. The van der Waals surface area contributed by atoms with Gasteiger partial charge in [-0.1, -0.05) is 29.3 Å². The van der Waals surface area contributed by atoms with Crippen LogP contribution in [0.4, 0.5) is 4.79 Å². The van der Waals surface area contributed by atoms with Crippen LogP contribution < -0.4 is 0 Å². The van der Waals surface area contributed by atoms with Gasteiger partial charge < -0.3 is 24.2 Å². The van der Waals surface area contributed by atoms with E-state index in [0.29, 0.717) is 53.1 Å². The number of halogens is 2. The molecule has 1 aromatic rings. The number of benzene rings is 1. The lowest BCUT2D eigenvalue weighted by Crippen LogP contribution is -2.53. The zero-order valence-corrected chi connectivity index (χ0v) is 21.5. The molecule has 9 nitrogen and oxygen atoms in total. The van der Waals surface area contributed by atoms with Crippen LogP contribution in [0.1, 0.15) is 38.7 Å². The Kier molecular flexibility index (Phi) is 9.02. The molecule has 0 spiro atoms. The number of rotatable bonds is 6. The van der Waals surface area contributed by atoms with Gasteiger partial charge in [0.05, 0.1) is 28.8 Å². The fourth-order valence-corrected chi connectivity index (χ4v) is 4.59. The Morgan fingerprint density at radius 3 is 2.20 bits per heavy atom. The molecule has 0 aromatic heterocycles. The minimum absolute atomic E-state index is 0.0205. The highest BCUT2D eigenvalue weighted by Crippen LogP contribution is 2.39. The molecule has 0 bridgehead atoms. The Balaban J connectivity index is 1.81. The summed E-state index contributed by atoms with van der Waals surface area (Å²) >= 11 is 12.2. The number of piperazine rings is 1. The van der Waals surface area contributed by atoms with Crippen molar-refractivity contribution in [2.75, 3.05) is 45.9 Å². The van der Waals surface area contributed by atoms with Crippen molar-refractivity contribution in [3.8, 4) is 0 Å². The largest absolute Gasteiger partial charge is 0.463 e. The van der Waals surface area contributed by atoms with Crippen LogP contribution in [-0.4, -0.2) is 84.5 Å². The number of hydrogen-bond donors (Lipinski definition) is 0. The monoisotopic (exact) mass is 525 g/mol. The summed E-state index contributed by atoms with van der Waals surface area (Å²) in [4.78, 5) is 55.5. The Bertz CT molecular complexity index is 1040. The molecule has 1 aromatic carbocycles. The molecular formula is C24H29Cl2N3O6. The van der Waals surface area contributed by atoms with E-state index in [1.165, 1.54) is 4.90 Å². The maximum atomic E-state index is 13.1. The molecule has 2 aliphatic rings. The molecule has 3 amide bonds. The highest BCUT2D eigenvalue weighted by Gasteiger charge is 2.38. The summed E-state index contributed by atoms with van der Waals surface area (Å²) in [5, 5.41) is 0.684. The van der Waals surface area contributed by atoms with E-state index in [1.54, 1.807) is 48.8 Å². The maximum absolute atomic E-state index is 13.1. The van der Waals surface area contributed by atoms with Crippen LogP contribution in [0.2, 0.25) is 10.0 Å². The molecule has 0 N–H and O–H groups in total. The number of allylic oxidation sites excluding steroid dienone is 1. The molecule has 35 heavy (non-hydrogen) atoms. The number of ether oxygens (including phenoxy) is 2. The molecule has 1 saturated heterocycles. The third kappa shape index (κ3) is 6.08. The standard InChI is InChI=1S/C24H29Cl2N3O6/c1-4-34-23(32)22-15(3)29(20(30)13-17(22)16-6-7-18(25)19(26)12-16)14-21(31)27-8-10-28(11-9-27)24(33)35-5-2/h6-7,12,17H,4-5,8-11,13-14H2,1-3H3. The first-order chi connectivity index (χ1) is 16.7. The highest BCUT2D eigenvalue weighted by atomic mass is 35.5. The fraction of sp³-hybridized carbons (Fsp3) is 0.500. The molecule has 1 unspecified atom stereocenters. The van der Waals surface area contributed by atoms with Gasteiger partial charge in [0.2, 0.25) is 11.8 Å². The number of hydrogen-bond acceptors (Lipinski definition) is 6. The Hall–Kier alpha value is -2.78. The van der Waals surface area contributed by atoms with Crippen molar-refractivity contribution in [2.45, 2.75) is 33.1 Å². The molecule has 190 valence electrons. The van der Waals surface area contributed by atoms with E-state index >= 15 is 0 Å². The van der Waals surface area contributed by atoms with E-state index in [4.69, 9.17) is 32.7 Å². The molecule has 1 fully saturated rings. The van der Waals surface area contributed by atoms with Crippen molar-refractivity contribution in [3.63, 3.8) is 0 Å². The molecule has 2 heterocycles. The predicted molar refractivity (Wildman–Crippen MR) is 130 cm³/mol. The number of carbonyl (C=O) groups is 4. The topological polar surface area (TPSA) is 96.5 Å². The van der Waals surface area contributed by atoms with Gasteiger partial charge in [-0.2, -0.15) is 0 Å². The number of amides is 3. The summed E-state index contributed by atoms with van der Waals surface area (Å²) in [5.74, 6) is -1.67. The van der Waals surface area contributed by atoms with Crippen molar-refractivity contribution < 1.29 is 28.7 Å². The Labute approximate surface area is 214 Å². The van der Waals surface area contributed by atoms with Crippen LogP contribution in [-0.2, 0) is 23.9 Å². The van der Waals surface area contributed by atoms with Gasteiger partial charge in [-0.25, -0.2) is 9.59 Å². The summed E-state index contributed by atoms with van der Waals surface area (Å²) in [7, 11) is 0. The van der Waals surface area contributed by atoms with Crippen LogP contribution in [0.15, 0.2) is 29.5 Å². The molecule has 3 rings (SSSR count). The second-order valence-corrected chi connectivity index (χ2v) is 9.01. The molecule has 0 aliphatic carbocycles. The van der Waals surface area contributed by atoms with Gasteiger partial charge in [-0.3, -0.25) is 9.59 Å². The van der Waals surface area contributed by atoms with Gasteiger partial charge in [0.1, 0.15) is 6.54 Å². The zero-order valence-electron chi connectivity index (χ0n) is 20.0. The highest BCUT2D eigenvalue weighted by molar-refractivity contribution is 6.42. The second-order valence-electron chi connectivity index (χ2n) is 8.20. The number of esters is 1. The predicted octanol–water partition coefficient (Wildman–Crippen LogP) is 3.45. The molecule has 0 saturated carbocycles. The van der Waals surface area contributed by atoms with Crippen LogP contribution in [0, 0.1) is 0 Å². The summed E-state index contributed by atoms with van der Waals surface area (Å²) < 4.78 is 10.3. The average molecular weight is 526 g/mol. The third-order valence-electron chi connectivity index (χ3n) is 6.12. The van der Waals surface area contributed by atoms with Gasteiger partial charge in [0.25, 0.3) is 0 Å². The lowest BCUT2D eigenvalue weighted by molar-refractivity contribution is -0.143. The van der Waals surface area contributed by atoms with Crippen LogP contribution in [0.5, 0.6) is 0 Å². The summed E-state index contributed by atoms with van der Waals surface area (Å²) in [6.45, 7) is 6.68. The summed E-state index contributed by atoms with van der Waals surface area (Å²) in [5.41, 5.74) is 1.34. The normalized spacial score (nSPS) is 18.6. The lowest BCUT2D eigenvalue weighted by atomic mass is 9.83. The van der Waals surface area contributed by atoms with Crippen LogP contribution in [0.25, 0.3) is 0 Å². The summed E-state index contributed by atoms with van der Waals surface area (Å²) in [6.07, 6.45) is -0.426. The average Bonchev–Trinajstić information content (AvgIpc) is 2.83. The minimum atomic E-state index is -0.573. The van der Waals surface area contributed by atoms with E-state index in [1.807, 2.05) is 0 Å². The van der Waals surface area contributed by atoms with Gasteiger partial charge in [0, 0.05) is 44.2 Å². The van der Waals surface area contributed by atoms with Crippen molar-refractivity contribution in [3.05, 3.63) is 45.1 Å². The van der Waals surface area contributed by atoms with Gasteiger partial charge in [-0.15, -0.1) is 0 Å². The first-order valence-corrected chi connectivity index (χ1v) is 12.3. The quantitative estimate of drug-likeness (QED) is 0.527. The molecule has 1 atom stereocenters. The number of nitrogens with zero attached hydrogens (tertiary/aromatic N) is 3. The van der Waals surface area contributed by atoms with Crippen molar-refractivity contribution in [1.29, 1.82) is 0 Å². The van der Waals surface area contributed by atoms with E-state index in [9.17, 15) is 19.2 Å². The fourth-order valence-electron chi connectivity index (χ4n) is 4.28. The molecule has 0 radical (unpaired) electrons. The van der Waals surface area contributed by atoms with Crippen molar-refractivity contribution in [2.24, 2.45) is 0 Å². The van der Waals surface area contributed by atoms with Crippen LogP contribution in [0.3, 0.4) is 0 Å². The van der Waals surface area contributed by atoms with E-state index in [-0.39, 0.29) is 38.0 Å². The van der Waals surface area contributed by atoms with Gasteiger partial charge in [-0.05, 0) is 38.5 Å². The van der Waals surface area contributed by atoms with Crippen molar-refractivity contribution >= 4 is 47.1 Å². The molecular weight excluding hydrogens is 497 g/mol. The van der Waals surface area contributed by atoms with E-state index in [0.717, 1.165) is 0 Å². The summed E-state index contributed by atoms with van der Waals surface area (Å²) in [6, 6.07) is 4.98. The minimum Gasteiger partial charge on any atom is -0.463 e. The maximum Gasteiger partial charge on any atom is 0.409 e. The van der Waals surface area contributed by atoms with Gasteiger partial charge in [0.15, 0.2) is 0 Å². The van der Waals surface area contributed by atoms with Crippen LogP contribution >= 0.6 is 23.2 Å². The van der Waals surface area contributed by atoms with E-state index in [2.05, 4.69) is 0 Å². The lowest BCUT2D eigenvalue weighted by Gasteiger charge is -2.37. The van der Waals surface area contributed by atoms with Gasteiger partial charge >= 0.3 is 12.1 Å². The Morgan fingerprint density at radius 1 is 0.971 bits per heavy atom. The van der Waals surface area contributed by atoms with E-state index < -0.39 is 18.0 Å². The molecule has 2 aliphatic heterocycles. The Morgan fingerprint density at radius 2 is 1.60 bits per heavy atom. The first-order valence-electron chi connectivity index (χ1n) is 11.5. The zero-order chi connectivity index (χ0) is 25.7. The molecule has 11 heteroatoms. The van der Waals surface area contributed by atoms with Crippen molar-refractivity contribution in [1.82, 2.24) is 14.7 Å². The second kappa shape index (κ2) is 11.8. The third-order valence-corrected chi connectivity index (χ3v) is 6.86. The smallest absolute Gasteiger partial charge is 0.409 e. The SMILES string of the molecule is CCOC(=O)C1=C(C)N(CC(=O)N2CCN(C(=O)OCC)CC2)C(=O)CC1c1ccc(Cl)c(Cl)c1.